The van der Waals surface area contributed by atoms with Crippen LogP contribution in [0.5, 0.6) is 5.75 Å². The van der Waals surface area contributed by atoms with Crippen molar-refractivity contribution in [2.75, 3.05) is 37.4 Å². The van der Waals surface area contributed by atoms with Crippen LogP contribution < -0.4 is 14.8 Å². The predicted molar refractivity (Wildman–Crippen MR) is 161 cm³/mol. The van der Waals surface area contributed by atoms with Crippen molar-refractivity contribution in [3.05, 3.63) is 108 Å². The molecule has 43 heavy (non-hydrogen) atoms. The van der Waals surface area contributed by atoms with Crippen LogP contribution in [-0.2, 0) is 21.3 Å². The topological polar surface area (TPSA) is 107 Å². The number of anilines is 2. The van der Waals surface area contributed by atoms with Crippen LogP contribution in [0.3, 0.4) is 0 Å². The van der Waals surface area contributed by atoms with Crippen LogP contribution in [0, 0.1) is 11.6 Å². The Morgan fingerprint density at radius 3 is 2.51 bits per heavy atom. The van der Waals surface area contributed by atoms with E-state index in [4.69, 9.17) is 14.6 Å². The standard InChI is InChI=1S/C31H29F2N5O4S/c1-41-15-14-35-30-17-22(12-13-34-30)27-20-38(19-21-6-9-26(42-2)10-7-21)36-31(27)23-4-3-5-25(16-23)37-43(39,40)29-18-24(32)8-11-28(29)33/h3-13,16-18,20,37H,14-15,19H2,1-2H3,(H,34,35). The second-order valence-corrected chi connectivity index (χ2v) is 11.2. The molecule has 0 atom stereocenters. The number of nitrogens with one attached hydrogen (secondary N) is 2. The van der Waals surface area contributed by atoms with Crippen molar-refractivity contribution >= 4 is 21.5 Å². The van der Waals surface area contributed by atoms with Gasteiger partial charge < -0.3 is 14.8 Å². The van der Waals surface area contributed by atoms with Crippen molar-refractivity contribution < 1.29 is 26.7 Å². The van der Waals surface area contributed by atoms with Crippen molar-refractivity contribution in [3.8, 4) is 28.1 Å². The third-order valence-corrected chi connectivity index (χ3v) is 7.92. The molecule has 0 amide bonds. The molecule has 2 aromatic heterocycles. The molecule has 0 aliphatic carbocycles. The highest BCUT2D eigenvalue weighted by molar-refractivity contribution is 7.92. The van der Waals surface area contributed by atoms with Gasteiger partial charge in [0.15, 0.2) is 0 Å². The van der Waals surface area contributed by atoms with E-state index in [1.54, 1.807) is 43.3 Å². The van der Waals surface area contributed by atoms with E-state index < -0.39 is 26.6 Å². The molecule has 0 saturated heterocycles. The minimum atomic E-state index is -4.41. The number of halogens is 2. The highest BCUT2D eigenvalue weighted by atomic mass is 32.2. The van der Waals surface area contributed by atoms with E-state index in [1.807, 2.05) is 42.6 Å². The van der Waals surface area contributed by atoms with Gasteiger partial charge >= 0.3 is 0 Å². The zero-order chi connectivity index (χ0) is 30.4. The van der Waals surface area contributed by atoms with Crippen LogP contribution in [0.4, 0.5) is 20.3 Å². The van der Waals surface area contributed by atoms with Crippen molar-refractivity contribution in [2.45, 2.75) is 11.4 Å². The minimum absolute atomic E-state index is 0.161. The Hall–Kier alpha value is -4.81. The summed E-state index contributed by atoms with van der Waals surface area (Å²) in [5.41, 5.74) is 3.96. The molecular weight excluding hydrogens is 576 g/mol. The highest BCUT2D eigenvalue weighted by Crippen LogP contribution is 2.34. The first-order valence-corrected chi connectivity index (χ1v) is 14.7. The number of methoxy groups -OCH3 is 2. The first-order chi connectivity index (χ1) is 20.8. The molecule has 2 heterocycles. The van der Waals surface area contributed by atoms with Crippen LogP contribution in [0.1, 0.15) is 5.56 Å². The molecule has 0 radical (unpaired) electrons. The third-order valence-electron chi connectivity index (χ3n) is 6.52. The van der Waals surface area contributed by atoms with Crippen LogP contribution in [0.15, 0.2) is 96.2 Å². The summed E-state index contributed by atoms with van der Waals surface area (Å²) in [6, 6.07) is 20.2. The van der Waals surface area contributed by atoms with Crippen LogP contribution in [0.25, 0.3) is 22.4 Å². The molecule has 12 heteroatoms. The third kappa shape index (κ3) is 7.16. The molecule has 0 aliphatic rings. The maximum absolute atomic E-state index is 14.3. The van der Waals surface area contributed by atoms with Crippen LogP contribution >= 0.6 is 0 Å². The molecule has 0 unspecified atom stereocenters. The van der Waals surface area contributed by atoms with Crippen LogP contribution in [-0.4, -0.2) is 50.6 Å². The zero-order valence-corrected chi connectivity index (χ0v) is 24.2. The van der Waals surface area contributed by atoms with E-state index in [0.717, 1.165) is 34.6 Å². The fourth-order valence-corrected chi connectivity index (χ4v) is 5.58. The maximum Gasteiger partial charge on any atom is 0.264 e. The van der Waals surface area contributed by atoms with Gasteiger partial charge in [0.05, 0.1) is 20.3 Å². The first-order valence-electron chi connectivity index (χ1n) is 13.2. The molecule has 5 rings (SSSR count). The van der Waals surface area contributed by atoms with Gasteiger partial charge in [-0.2, -0.15) is 5.10 Å². The number of hydrogen-bond donors (Lipinski definition) is 2. The number of nitrogens with zero attached hydrogens (tertiary/aromatic N) is 3. The SMILES string of the molecule is COCCNc1cc(-c2cn(Cc3ccc(OC)cc3)nc2-c2cccc(NS(=O)(=O)c3cc(F)ccc3F)c2)ccn1. The van der Waals surface area contributed by atoms with Crippen molar-refractivity contribution in [1.82, 2.24) is 14.8 Å². The predicted octanol–water partition coefficient (Wildman–Crippen LogP) is 5.81. The van der Waals surface area contributed by atoms with E-state index in [1.165, 1.54) is 6.07 Å². The lowest BCUT2D eigenvalue weighted by Crippen LogP contribution is -2.15. The number of rotatable bonds is 12. The number of benzene rings is 3. The Bertz CT molecular complexity index is 1830. The highest BCUT2D eigenvalue weighted by Gasteiger charge is 2.21. The summed E-state index contributed by atoms with van der Waals surface area (Å²) in [6.07, 6.45) is 3.60. The second-order valence-electron chi connectivity index (χ2n) is 9.55. The molecule has 0 fully saturated rings. The quantitative estimate of drug-likeness (QED) is 0.173. The zero-order valence-electron chi connectivity index (χ0n) is 23.4. The van der Waals surface area contributed by atoms with Gasteiger partial charge in [0.1, 0.15) is 33.8 Å². The molecule has 9 nitrogen and oxygen atoms in total. The molecule has 5 aromatic rings. The van der Waals surface area contributed by atoms with E-state index in [-0.39, 0.29) is 5.69 Å². The van der Waals surface area contributed by atoms with Crippen LogP contribution in [0.2, 0.25) is 0 Å². The van der Waals surface area contributed by atoms with Gasteiger partial charge in [-0.25, -0.2) is 22.2 Å². The molecule has 0 spiro atoms. The van der Waals surface area contributed by atoms with Crippen molar-refractivity contribution in [3.63, 3.8) is 0 Å². The Kier molecular flexibility index (Phi) is 8.98. The summed E-state index contributed by atoms with van der Waals surface area (Å²) >= 11 is 0. The molecule has 3 aromatic carbocycles. The fraction of sp³-hybridized carbons (Fsp3) is 0.161. The van der Waals surface area contributed by atoms with E-state index >= 15 is 0 Å². The first kappa shape index (κ1) is 29.7. The Morgan fingerprint density at radius 1 is 0.930 bits per heavy atom. The Morgan fingerprint density at radius 2 is 1.74 bits per heavy atom. The van der Waals surface area contributed by atoms with Crippen molar-refractivity contribution in [2.24, 2.45) is 0 Å². The molecule has 0 bridgehead atoms. The van der Waals surface area contributed by atoms with Gasteiger partial charge in [0, 0.05) is 42.9 Å². The minimum Gasteiger partial charge on any atom is -0.497 e. The van der Waals surface area contributed by atoms with E-state index in [0.29, 0.717) is 42.8 Å². The van der Waals surface area contributed by atoms with Gasteiger partial charge in [-0.3, -0.25) is 9.40 Å². The van der Waals surface area contributed by atoms with Gasteiger partial charge in [0.2, 0.25) is 0 Å². The number of aromatic nitrogens is 3. The number of ether oxygens (including phenoxy) is 2. The second kappa shape index (κ2) is 13.0. The van der Waals surface area contributed by atoms with Crippen molar-refractivity contribution in [1.29, 1.82) is 0 Å². The average Bonchev–Trinajstić information content (AvgIpc) is 3.43. The largest absolute Gasteiger partial charge is 0.497 e. The number of hydrogen-bond acceptors (Lipinski definition) is 7. The molecule has 2 N–H and O–H groups in total. The lowest BCUT2D eigenvalue weighted by atomic mass is 10.0. The Balaban J connectivity index is 1.52. The maximum atomic E-state index is 14.3. The summed E-state index contributed by atoms with van der Waals surface area (Å²) in [5, 5.41) is 8.08. The molecular formula is C31H29F2N5O4S. The normalized spacial score (nSPS) is 11.3. The molecule has 222 valence electrons. The lowest BCUT2D eigenvalue weighted by molar-refractivity contribution is 0.210. The number of pyridine rings is 1. The Labute approximate surface area is 248 Å². The van der Waals surface area contributed by atoms with Gasteiger partial charge in [-0.1, -0.05) is 24.3 Å². The van der Waals surface area contributed by atoms with Gasteiger partial charge in [-0.15, -0.1) is 0 Å². The summed E-state index contributed by atoms with van der Waals surface area (Å²) < 4.78 is 68.4. The summed E-state index contributed by atoms with van der Waals surface area (Å²) in [5.74, 6) is -0.525. The molecule has 0 aliphatic heterocycles. The summed E-state index contributed by atoms with van der Waals surface area (Å²) in [6.45, 7) is 1.55. The van der Waals surface area contributed by atoms with E-state index in [9.17, 15) is 17.2 Å². The van der Waals surface area contributed by atoms with Gasteiger partial charge in [0.25, 0.3) is 10.0 Å². The fourth-order valence-electron chi connectivity index (χ4n) is 4.44. The molecule has 0 saturated carbocycles. The average molecular weight is 606 g/mol. The summed E-state index contributed by atoms with van der Waals surface area (Å²) in [7, 11) is -1.18. The number of sulfonamides is 1. The lowest BCUT2D eigenvalue weighted by Gasteiger charge is -2.11. The van der Waals surface area contributed by atoms with Gasteiger partial charge in [-0.05, 0) is 65.7 Å². The smallest absolute Gasteiger partial charge is 0.264 e. The van der Waals surface area contributed by atoms with E-state index in [2.05, 4.69) is 15.0 Å². The monoisotopic (exact) mass is 605 g/mol. The summed E-state index contributed by atoms with van der Waals surface area (Å²) in [4.78, 5) is 3.60.